The molecule has 1 aromatic rings. The Morgan fingerprint density at radius 1 is 1.22 bits per heavy atom. The summed E-state index contributed by atoms with van der Waals surface area (Å²) in [6, 6.07) is 0.206. The highest BCUT2D eigenvalue weighted by Gasteiger charge is 2.04. The van der Waals surface area contributed by atoms with E-state index >= 15 is 0 Å². The molecule has 0 aliphatic carbocycles. The summed E-state index contributed by atoms with van der Waals surface area (Å²) in [7, 11) is 5.19. The predicted molar refractivity (Wildman–Crippen MR) is 68.7 cm³/mol. The molecule has 0 bridgehead atoms. The molecule has 0 radical (unpaired) electrons. The van der Waals surface area contributed by atoms with Gasteiger partial charge in [0.05, 0.1) is 13.7 Å². The van der Waals surface area contributed by atoms with Gasteiger partial charge >= 0.3 is 6.01 Å². The van der Waals surface area contributed by atoms with Crippen LogP contribution in [0.5, 0.6) is 6.01 Å². The second-order valence-electron chi connectivity index (χ2n) is 3.73. The molecule has 0 aliphatic rings. The summed E-state index contributed by atoms with van der Waals surface area (Å²) < 4.78 is 9.90. The van der Waals surface area contributed by atoms with E-state index in [0.717, 1.165) is 13.1 Å². The number of rotatable bonds is 8. The van der Waals surface area contributed by atoms with E-state index in [1.165, 1.54) is 7.11 Å². The van der Waals surface area contributed by atoms with Crippen molar-refractivity contribution in [3.63, 3.8) is 0 Å². The second-order valence-corrected chi connectivity index (χ2v) is 3.73. The summed E-state index contributed by atoms with van der Waals surface area (Å²) in [5, 5.41) is 3.06. The molecule has 1 rings (SSSR count). The van der Waals surface area contributed by atoms with E-state index in [0.29, 0.717) is 19.1 Å². The summed E-state index contributed by atoms with van der Waals surface area (Å²) in [6.45, 7) is 3.13. The van der Waals surface area contributed by atoms with Crippen molar-refractivity contribution < 1.29 is 9.47 Å². The van der Waals surface area contributed by atoms with Gasteiger partial charge in [0.15, 0.2) is 0 Å². The van der Waals surface area contributed by atoms with Crippen molar-refractivity contribution in [2.24, 2.45) is 0 Å². The first-order valence-corrected chi connectivity index (χ1v) is 5.62. The fourth-order valence-electron chi connectivity index (χ4n) is 1.26. The molecule has 0 saturated carbocycles. The van der Waals surface area contributed by atoms with E-state index in [9.17, 15) is 0 Å². The van der Waals surface area contributed by atoms with Gasteiger partial charge in [-0.1, -0.05) is 0 Å². The van der Waals surface area contributed by atoms with Gasteiger partial charge in [-0.15, -0.1) is 0 Å². The maximum atomic E-state index is 5.52. The highest BCUT2D eigenvalue weighted by Crippen LogP contribution is 2.07. The molecule has 18 heavy (non-hydrogen) atoms. The normalized spacial score (nSPS) is 10.7. The lowest BCUT2D eigenvalue weighted by molar-refractivity contribution is 0.163. The van der Waals surface area contributed by atoms with Gasteiger partial charge in [0.1, 0.15) is 0 Å². The molecule has 1 aromatic heterocycles. The standard InChI is InChI=1S/C10H20N6O2/c1-16(6-7-17-2)5-4-12-9-13-8(11)14-10(15-9)18-3/h4-7H2,1-3H3,(H3,11,12,13,14,15). The Bertz CT molecular complexity index is 362. The van der Waals surface area contributed by atoms with E-state index in [1.54, 1.807) is 7.11 Å². The van der Waals surface area contributed by atoms with Crippen LogP contribution in [-0.2, 0) is 4.74 Å². The van der Waals surface area contributed by atoms with Gasteiger partial charge < -0.3 is 25.4 Å². The first-order valence-electron chi connectivity index (χ1n) is 5.62. The van der Waals surface area contributed by atoms with Crippen LogP contribution in [-0.4, -0.2) is 67.4 Å². The van der Waals surface area contributed by atoms with Crippen LogP contribution in [0.1, 0.15) is 0 Å². The quantitative estimate of drug-likeness (QED) is 0.639. The smallest absolute Gasteiger partial charge is 0.322 e. The van der Waals surface area contributed by atoms with Crippen LogP contribution in [0.25, 0.3) is 0 Å². The van der Waals surface area contributed by atoms with E-state index in [4.69, 9.17) is 15.2 Å². The molecule has 102 valence electrons. The molecule has 0 saturated heterocycles. The molecule has 1 heterocycles. The lowest BCUT2D eigenvalue weighted by atomic mass is 10.5. The largest absolute Gasteiger partial charge is 0.467 e. The molecule has 0 spiro atoms. The summed E-state index contributed by atoms with van der Waals surface area (Å²) in [5.41, 5.74) is 5.52. The van der Waals surface area contributed by atoms with Gasteiger partial charge in [-0.3, -0.25) is 0 Å². The number of anilines is 2. The third kappa shape index (κ3) is 5.11. The molecule has 8 nitrogen and oxygen atoms in total. The molecule has 0 aromatic carbocycles. The zero-order valence-corrected chi connectivity index (χ0v) is 11.0. The van der Waals surface area contributed by atoms with Crippen molar-refractivity contribution >= 4 is 11.9 Å². The van der Waals surface area contributed by atoms with Gasteiger partial charge in [0.25, 0.3) is 0 Å². The van der Waals surface area contributed by atoms with Crippen molar-refractivity contribution in [2.45, 2.75) is 0 Å². The third-order valence-electron chi connectivity index (χ3n) is 2.27. The van der Waals surface area contributed by atoms with E-state index in [-0.39, 0.29) is 12.0 Å². The molecular formula is C10H20N6O2. The zero-order valence-electron chi connectivity index (χ0n) is 11.0. The minimum atomic E-state index is 0.136. The monoisotopic (exact) mass is 256 g/mol. The van der Waals surface area contributed by atoms with Gasteiger partial charge in [-0.05, 0) is 7.05 Å². The number of ether oxygens (including phenoxy) is 2. The first-order chi connectivity index (χ1) is 8.65. The van der Waals surface area contributed by atoms with E-state index in [2.05, 4.69) is 25.2 Å². The van der Waals surface area contributed by atoms with Crippen molar-refractivity contribution in [3.8, 4) is 6.01 Å². The highest BCUT2D eigenvalue weighted by molar-refractivity contribution is 5.32. The minimum absolute atomic E-state index is 0.136. The second kappa shape index (κ2) is 7.62. The van der Waals surface area contributed by atoms with Crippen molar-refractivity contribution in [1.29, 1.82) is 0 Å². The van der Waals surface area contributed by atoms with Crippen molar-refractivity contribution in [1.82, 2.24) is 19.9 Å². The Morgan fingerprint density at radius 3 is 2.67 bits per heavy atom. The average Bonchev–Trinajstić information content (AvgIpc) is 2.35. The number of nitrogens with two attached hydrogens (primary N) is 1. The fourth-order valence-corrected chi connectivity index (χ4v) is 1.26. The molecule has 0 unspecified atom stereocenters. The van der Waals surface area contributed by atoms with Gasteiger partial charge in [-0.25, -0.2) is 0 Å². The van der Waals surface area contributed by atoms with E-state index in [1.807, 2.05) is 7.05 Å². The van der Waals surface area contributed by atoms with Crippen LogP contribution in [0, 0.1) is 0 Å². The highest BCUT2D eigenvalue weighted by atomic mass is 16.5. The Morgan fingerprint density at radius 2 is 2.00 bits per heavy atom. The van der Waals surface area contributed by atoms with Crippen LogP contribution in [0.2, 0.25) is 0 Å². The molecular weight excluding hydrogens is 236 g/mol. The molecule has 0 fully saturated rings. The number of hydrogen-bond acceptors (Lipinski definition) is 8. The lowest BCUT2D eigenvalue weighted by Gasteiger charge is -2.16. The summed E-state index contributed by atoms with van der Waals surface area (Å²) in [6.07, 6.45) is 0. The summed E-state index contributed by atoms with van der Waals surface area (Å²) in [4.78, 5) is 13.9. The third-order valence-corrected chi connectivity index (χ3v) is 2.27. The zero-order chi connectivity index (χ0) is 13.4. The van der Waals surface area contributed by atoms with Gasteiger partial charge in [0.2, 0.25) is 11.9 Å². The molecule has 3 N–H and O–H groups in total. The molecule has 0 amide bonds. The van der Waals surface area contributed by atoms with Crippen LogP contribution >= 0.6 is 0 Å². The average molecular weight is 256 g/mol. The van der Waals surface area contributed by atoms with Crippen LogP contribution in [0.3, 0.4) is 0 Å². The summed E-state index contributed by atoms with van der Waals surface area (Å²) >= 11 is 0. The Labute approximate surface area is 107 Å². The number of likely N-dealkylation sites (N-methyl/N-ethyl adjacent to an activating group) is 1. The van der Waals surface area contributed by atoms with Gasteiger partial charge in [-0.2, -0.15) is 15.0 Å². The first kappa shape index (κ1) is 14.4. The van der Waals surface area contributed by atoms with Crippen LogP contribution in [0.15, 0.2) is 0 Å². The number of hydrogen-bond donors (Lipinski definition) is 2. The Hall–Kier alpha value is -1.67. The molecule has 0 aliphatic heterocycles. The molecule has 0 atom stereocenters. The van der Waals surface area contributed by atoms with Crippen molar-refractivity contribution in [2.75, 3.05) is 58.6 Å². The SMILES string of the molecule is COCCN(C)CCNc1nc(N)nc(OC)n1. The molecule has 8 heteroatoms. The Kier molecular flexibility index (Phi) is 6.09. The fraction of sp³-hybridized carbons (Fsp3) is 0.700. The number of aromatic nitrogens is 3. The van der Waals surface area contributed by atoms with Crippen LogP contribution in [0.4, 0.5) is 11.9 Å². The van der Waals surface area contributed by atoms with Gasteiger partial charge in [0, 0.05) is 26.7 Å². The Balaban J connectivity index is 2.36. The maximum absolute atomic E-state index is 5.52. The number of nitrogen functional groups attached to an aromatic ring is 1. The minimum Gasteiger partial charge on any atom is -0.467 e. The van der Waals surface area contributed by atoms with E-state index < -0.39 is 0 Å². The maximum Gasteiger partial charge on any atom is 0.322 e. The van der Waals surface area contributed by atoms with Crippen LogP contribution < -0.4 is 15.8 Å². The number of nitrogens with zero attached hydrogens (tertiary/aromatic N) is 4. The summed E-state index contributed by atoms with van der Waals surface area (Å²) in [5.74, 6) is 0.552. The number of nitrogens with one attached hydrogen (secondary N) is 1. The predicted octanol–water partition coefficient (Wildman–Crippen LogP) is -0.547. The topological polar surface area (TPSA) is 98.4 Å². The number of methoxy groups -OCH3 is 2. The van der Waals surface area contributed by atoms with Crippen molar-refractivity contribution in [3.05, 3.63) is 0 Å². The lowest BCUT2D eigenvalue weighted by Crippen LogP contribution is -2.28.